The lowest BCUT2D eigenvalue weighted by atomic mass is 9.85. The molecule has 0 heterocycles. The third-order valence-corrected chi connectivity index (χ3v) is 4.19. The summed E-state index contributed by atoms with van der Waals surface area (Å²) in [5.74, 6) is 1.57. The molecule has 2 amide bonds. The standard InChI is InChI=1S/C13H24N2O2/c1-15(7-8-16)13(17)14-12-9-11(12)10-5-3-2-4-6-10/h10-12,16H,2-9H2,1H3,(H,14,17). The fourth-order valence-corrected chi connectivity index (χ4v) is 2.98. The number of nitrogens with one attached hydrogen (secondary N) is 1. The Kier molecular flexibility index (Phi) is 4.26. The van der Waals surface area contributed by atoms with Crippen LogP contribution >= 0.6 is 0 Å². The number of nitrogens with zero attached hydrogens (tertiary/aromatic N) is 1. The van der Waals surface area contributed by atoms with Crippen LogP contribution in [0.3, 0.4) is 0 Å². The Bertz CT molecular complexity index is 264. The molecule has 0 aromatic rings. The summed E-state index contributed by atoms with van der Waals surface area (Å²) in [6.07, 6.45) is 7.98. The van der Waals surface area contributed by atoms with Crippen LogP contribution in [0.5, 0.6) is 0 Å². The molecule has 2 fully saturated rings. The Morgan fingerprint density at radius 1 is 1.35 bits per heavy atom. The van der Waals surface area contributed by atoms with E-state index in [1.807, 2.05) is 0 Å². The molecule has 4 heteroatoms. The molecule has 98 valence electrons. The molecule has 2 N–H and O–H groups in total. The van der Waals surface area contributed by atoms with Gasteiger partial charge in [-0.3, -0.25) is 0 Å². The van der Waals surface area contributed by atoms with Crippen LogP contribution in [0.15, 0.2) is 0 Å². The van der Waals surface area contributed by atoms with Gasteiger partial charge in [-0.1, -0.05) is 32.1 Å². The van der Waals surface area contributed by atoms with E-state index in [1.54, 1.807) is 11.9 Å². The Morgan fingerprint density at radius 2 is 2.06 bits per heavy atom. The van der Waals surface area contributed by atoms with Gasteiger partial charge in [-0.05, 0) is 18.3 Å². The lowest BCUT2D eigenvalue weighted by molar-refractivity contribution is 0.189. The number of hydrogen-bond acceptors (Lipinski definition) is 2. The minimum Gasteiger partial charge on any atom is -0.395 e. The average Bonchev–Trinajstić information content (AvgIpc) is 3.10. The third kappa shape index (κ3) is 3.35. The Hall–Kier alpha value is -0.770. The highest BCUT2D eigenvalue weighted by atomic mass is 16.3. The first-order chi connectivity index (χ1) is 8.22. The summed E-state index contributed by atoms with van der Waals surface area (Å²) >= 11 is 0. The molecule has 0 saturated heterocycles. The predicted octanol–water partition coefficient (Wildman–Crippen LogP) is 1.59. The van der Waals surface area contributed by atoms with Crippen LogP contribution in [-0.4, -0.2) is 42.3 Å². The molecule has 0 aliphatic heterocycles. The SMILES string of the molecule is CN(CCO)C(=O)NC1CC1C1CCCCC1. The maximum atomic E-state index is 11.7. The largest absolute Gasteiger partial charge is 0.395 e. The monoisotopic (exact) mass is 240 g/mol. The van der Waals surface area contributed by atoms with Gasteiger partial charge in [-0.25, -0.2) is 4.79 Å². The third-order valence-electron chi connectivity index (χ3n) is 4.19. The molecule has 0 spiro atoms. The van der Waals surface area contributed by atoms with Gasteiger partial charge in [0.2, 0.25) is 0 Å². The van der Waals surface area contributed by atoms with E-state index < -0.39 is 0 Å². The van der Waals surface area contributed by atoms with E-state index in [-0.39, 0.29) is 12.6 Å². The van der Waals surface area contributed by atoms with Crippen LogP contribution in [0.2, 0.25) is 0 Å². The minimum absolute atomic E-state index is 0.0284. The molecule has 17 heavy (non-hydrogen) atoms. The number of aliphatic hydroxyl groups is 1. The molecule has 4 nitrogen and oxygen atoms in total. The second kappa shape index (κ2) is 5.71. The Balaban J connectivity index is 1.70. The van der Waals surface area contributed by atoms with Crippen LogP contribution in [0.1, 0.15) is 38.5 Å². The Morgan fingerprint density at radius 3 is 2.71 bits per heavy atom. The van der Waals surface area contributed by atoms with Crippen molar-refractivity contribution in [1.82, 2.24) is 10.2 Å². The van der Waals surface area contributed by atoms with Crippen LogP contribution in [0, 0.1) is 11.8 Å². The van der Waals surface area contributed by atoms with Crippen molar-refractivity contribution in [1.29, 1.82) is 0 Å². The molecule has 2 aliphatic rings. The van der Waals surface area contributed by atoms with Gasteiger partial charge in [0, 0.05) is 19.6 Å². The van der Waals surface area contributed by atoms with Crippen molar-refractivity contribution >= 4 is 6.03 Å². The van der Waals surface area contributed by atoms with Crippen molar-refractivity contribution in [3.05, 3.63) is 0 Å². The molecule has 2 saturated carbocycles. The number of likely N-dealkylation sites (N-methyl/N-ethyl adjacent to an activating group) is 1. The van der Waals surface area contributed by atoms with Crippen molar-refractivity contribution in [2.24, 2.45) is 11.8 Å². The Labute approximate surface area is 103 Å². The topological polar surface area (TPSA) is 52.6 Å². The summed E-state index contributed by atoms with van der Waals surface area (Å²) in [5.41, 5.74) is 0. The van der Waals surface area contributed by atoms with Gasteiger partial charge in [-0.2, -0.15) is 0 Å². The molecular weight excluding hydrogens is 216 g/mol. The quantitative estimate of drug-likeness (QED) is 0.784. The summed E-state index contributed by atoms with van der Waals surface area (Å²) in [6, 6.07) is 0.356. The second-order valence-electron chi connectivity index (χ2n) is 5.50. The highest BCUT2D eigenvalue weighted by Gasteiger charge is 2.43. The normalized spacial score (nSPS) is 28.8. The van der Waals surface area contributed by atoms with Crippen molar-refractivity contribution < 1.29 is 9.90 Å². The van der Waals surface area contributed by atoms with Gasteiger partial charge in [0.05, 0.1) is 6.61 Å². The van der Waals surface area contributed by atoms with Crippen molar-refractivity contribution in [2.45, 2.75) is 44.6 Å². The lowest BCUT2D eigenvalue weighted by Crippen LogP contribution is -2.40. The summed E-state index contributed by atoms with van der Waals surface area (Å²) in [7, 11) is 1.73. The zero-order valence-corrected chi connectivity index (χ0v) is 10.7. The molecule has 0 radical (unpaired) electrons. The van der Waals surface area contributed by atoms with Crippen LogP contribution < -0.4 is 5.32 Å². The van der Waals surface area contributed by atoms with E-state index in [9.17, 15) is 4.79 Å². The van der Waals surface area contributed by atoms with Gasteiger partial charge in [0.25, 0.3) is 0 Å². The smallest absolute Gasteiger partial charge is 0.317 e. The molecule has 2 rings (SSSR count). The number of carbonyl (C=O) groups excluding carboxylic acids is 1. The number of carbonyl (C=O) groups is 1. The first-order valence-electron chi connectivity index (χ1n) is 6.85. The van der Waals surface area contributed by atoms with E-state index in [1.165, 1.54) is 32.1 Å². The maximum Gasteiger partial charge on any atom is 0.317 e. The molecule has 2 aliphatic carbocycles. The van der Waals surface area contributed by atoms with E-state index in [2.05, 4.69) is 5.32 Å². The number of aliphatic hydroxyl groups excluding tert-OH is 1. The summed E-state index contributed by atoms with van der Waals surface area (Å²) in [4.78, 5) is 13.3. The van der Waals surface area contributed by atoms with Gasteiger partial charge in [0.15, 0.2) is 0 Å². The predicted molar refractivity (Wildman–Crippen MR) is 66.7 cm³/mol. The van der Waals surface area contributed by atoms with Crippen LogP contribution in [0.25, 0.3) is 0 Å². The van der Waals surface area contributed by atoms with Gasteiger partial charge >= 0.3 is 6.03 Å². The molecule has 0 bridgehead atoms. The van der Waals surface area contributed by atoms with Crippen LogP contribution in [0.4, 0.5) is 4.79 Å². The zero-order valence-electron chi connectivity index (χ0n) is 10.7. The number of amides is 2. The van der Waals surface area contributed by atoms with Gasteiger partial charge < -0.3 is 15.3 Å². The molecule has 2 unspecified atom stereocenters. The number of rotatable bonds is 4. The van der Waals surface area contributed by atoms with Crippen molar-refractivity contribution in [3.8, 4) is 0 Å². The fraction of sp³-hybridized carbons (Fsp3) is 0.923. The molecule has 0 aromatic carbocycles. The highest BCUT2D eigenvalue weighted by Crippen LogP contribution is 2.44. The second-order valence-corrected chi connectivity index (χ2v) is 5.50. The van der Waals surface area contributed by atoms with Crippen LogP contribution in [-0.2, 0) is 0 Å². The molecule has 2 atom stereocenters. The maximum absolute atomic E-state index is 11.7. The van der Waals surface area contributed by atoms with Crippen molar-refractivity contribution in [3.63, 3.8) is 0 Å². The molecular formula is C13H24N2O2. The molecule has 0 aromatic heterocycles. The number of urea groups is 1. The van der Waals surface area contributed by atoms with Gasteiger partial charge in [0.1, 0.15) is 0 Å². The fourth-order valence-electron chi connectivity index (χ4n) is 2.98. The zero-order chi connectivity index (χ0) is 12.3. The van der Waals surface area contributed by atoms with E-state index >= 15 is 0 Å². The van der Waals surface area contributed by atoms with E-state index in [0.29, 0.717) is 12.6 Å². The number of hydrogen-bond donors (Lipinski definition) is 2. The lowest BCUT2D eigenvalue weighted by Gasteiger charge is -2.22. The van der Waals surface area contributed by atoms with E-state index in [0.717, 1.165) is 18.3 Å². The van der Waals surface area contributed by atoms with Crippen molar-refractivity contribution in [2.75, 3.05) is 20.2 Å². The highest BCUT2D eigenvalue weighted by molar-refractivity contribution is 5.74. The first-order valence-corrected chi connectivity index (χ1v) is 6.85. The summed E-state index contributed by atoms with van der Waals surface area (Å²) < 4.78 is 0. The minimum atomic E-state index is -0.0395. The summed E-state index contributed by atoms with van der Waals surface area (Å²) in [6.45, 7) is 0.438. The average molecular weight is 240 g/mol. The van der Waals surface area contributed by atoms with E-state index in [4.69, 9.17) is 5.11 Å². The first kappa shape index (κ1) is 12.7. The summed E-state index contributed by atoms with van der Waals surface area (Å²) in [5, 5.41) is 11.8. The van der Waals surface area contributed by atoms with Gasteiger partial charge in [-0.15, -0.1) is 0 Å².